The third-order valence-electron chi connectivity index (χ3n) is 5.47. The Morgan fingerprint density at radius 3 is 2.67 bits per heavy atom. The fraction of sp³-hybridized carbons (Fsp3) is 0.619. The maximum Gasteiger partial charge on any atom is 0.166 e. The molecule has 1 saturated heterocycles. The van der Waals surface area contributed by atoms with Gasteiger partial charge in [0.2, 0.25) is 0 Å². The highest BCUT2D eigenvalue weighted by atomic mass is 16.5. The first-order valence-electron chi connectivity index (χ1n) is 9.60. The predicted molar refractivity (Wildman–Crippen MR) is 97.6 cm³/mol. The second-order valence-electron chi connectivity index (χ2n) is 7.30. The van der Waals surface area contributed by atoms with Crippen molar-refractivity contribution in [1.29, 1.82) is 0 Å². The van der Waals surface area contributed by atoms with E-state index in [2.05, 4.69) is 12.2 Å². The Bertz CT molecular complexity index is 543. The van der Waals surface area contributed by atoms with Gasteiger partial charge in [-0.15, -0.1) is 0 Å². The molecule has 1 aliphatic carbocycles. The SMILES string of the molecule is [CH2]c1ccc(OCCC2CCCCN2)cc1C(=O)C1CCCCC1. The van der Waals surface area contributed by atoms with Crippen LogP contribution >= 0.6 is 0 Å². The molecular weight excluding hydrogens is 298 g/mol. The van der Waals surface area contributed by atoms with Crippen LogP contribution in [0.5, 0.6) is 5.75 Å². The van der Waals surface area contributed by atoms with E-state index in [9.17, 15) is 4.79 Å². The van der Waals surface area contributed by atoms with Crippen molar-refractivity contribution in [2.45, 2.75) is 63.8 Å². The molecule has 1 atom stereocenters. The number of carbonyl (C=O) groups excluding carboxylic acids is 1. The predicted octanol–water partition coefficient (Wildman–Crippen LogP) is 4.54. The fourth-order valence-corrected chi connectivity index (χ4v) is 3.95. The Labute approximate surface area is 146 Å². The van der Waals surface area contributed by atoms with Crippen molar-refractivity contribution < 1.29 is 9.53 Å². The van der Waals surface area contributed by atoms with E-state index < -0.39 is 0 Å². The lowest BCUT2D eigenvalue weighted by molar-refractivity contribution is 0.0888. The summed E-state index contributed by atoms with van der Waals surface area (Å²) in [5.41, 5.74) is 1.59. The topological polar surface area (TPSA) is 38.3 Å². The first-order valence-corrected chi connectivity index (χ1v) is 9.60. The molecule has 3 nitrogen and oxygen atoms in total. The fourth-order valence-electron chi connectivity index (χ4n) is 3.95. The average Bonchev–Trinajstić information content (AvgIpc) is 2.64. The van der Waals surface area contributed by atoms with Gasteiger partial charge in [0.05, 0.1) is 6.61 Å². The monoisotopic (exact) mass is 328 g/mol. The summed E-state index contributed by atoms with van der Waals surface area (Å²) in [6.45, 7) is 5.87. The first kappa shape index (κ1) is 17.5. The summed E-state index contributed by atoms with van der Waals surface area (Å²) in [5.74, 6) is 1.25. The van der Waals surface area contributed by atoms with E-state index in [0.717, 1.165) is 42.7 Å². The van der Waals surface area contributed by atoms with Gasteiger partial charge in [0.1, 0.15) is 5.75 Å². The highest BCUT2D eigenvalue weighted by molar-refractivity contribution is 5.99. The average molecular weight is 328 g/mol. The van der Waals surface area contributed by atoms with E-state index in [0.29, 0.717) is 12.6 Å². The molecule has 2 fully saturated rings. The lowest BCUT2D eigenvalue weighted by Gasteiger charge is -2.23. The number of Topliss-reactive ketones (excluding diaryl/α,β-unsaturated/α-hetero) is 1. The van der Waals surface area contributed by atoms with Crippen molar-refractivity contribution in [2.75, 3.05) is 13.2 Å². The summed E-state index contributed by atoms with van der Waals surface area (Å²) in [4.78, 5) is 12.8. The van der Waals surface area contributed by atoms with Gasteiger partial charge in [-0.3, -0.25) is 4.79 Å². The maximum atomic E-state index is 12.8. The van der Waals surface area contributed by atoms with Crippen LogP contribution in [0, 0.1) is 12.8 Å². The van der Waals surface area contributed by atoms with Crippen molar-refractivity contribution in [2.24, 2.45) is 5.92 Å². The molecule has 1 aromatic rings. The molecule has 3 heteroatoms. The molecule has 1 aliphatic heterocycles. The van der Waals surface area contributed by atoms with Crippen LogP contribution in [0.25, 0.3) is 0 Å². The molecule has 0 amide bonds. The van der Waals surface area contributed by atoms with Crippen LogP contribution in [0.1, 0.15) is 73.7 Å². The van der Waals surface area contributed by atoms with Gasteiger partial charge in [0, 0.05) is 17.5 Å². The zero-order valence-electron chi connectivity index (χ0n) is 14.7. The molecule has 1 N–H and O–H groups in total. The number of benzene rings is 1. The van der Waals surface area contributed by atoms with E-state index in [-0.39, 0.29) is 11.7 Å². The van der Waals surface area contributed by atoms with Gasteiger partial charge in [-0.1, -0.05) is 31.7 Å². The van der Waals surface area contributed by atoms with Crippen LogP contribution in [0.15, 0.2) is 18.2 Å². The van der Waals surface area contributed by atoms with Crippen LogP contribution in [0.3, 0.4) is 0 Å². The van der Waals surface area contributed by atoms with E-state index in [1.54, 1.807) is 0 Å². The highest BCUT2D eigenvalue weighted by Crippen LogP contribution is 2.29. The van der Waals surface area contributed by atoms with Crippen LogP contribution in [0.4, 0.5) is 0 Å². The largest absolute Gasteiger partial charge is 0.494 e. The van der Waals surface area contributed by atoms with E-state index in [1.807, 2.05) is 18.2 Å². The molecule has 131 valence electrons. The minimum absolute atomic E-state index is 0.181. The van der Waals surface area contributed by atoms with Crippen molar-refractivity contribution in [1.82, 2.24) is 5.32 Å². The number of ketones is 1. The molecule has 0 aromatic heterocycles. The Hall–Kier alpha value is -1.35. The summed E-state index contributed by atoms with van der Waals surface area (Å²) in [5, 5.41) is 3.54. The van der Waals surface area contributed by atoms with Gasteiger partial charge in [-0.05, 0) is 63.3 Å². The number of rotatable bonds is 6. The number of hydrogen-bond acceptors (Lipinski definition) is 3. The Morgan fingerprint density at radius 2 is 1.92 bits per heavy atom. The molecule has 0 spiro atoms. The van der Waals surface area contributed by atoms with Gasteiger partial charge >= 0.3 is 0 Å². The lowest BCUT2D eigenvalue weighted by Crippen LogP contribution is -2.35. The molecule has 2 aliphatic rings. The zero-order valence-corrected chi connectivity index (χ0v) is 14.7. The van der Waals surface area contributed by atoms with Crippen molar-refractivity contribution in [3.05, 3.63) is 36.2 Å². The molecule has 24 heavy (non-hydrogen) atoms. The van der Waals surface area contributed by atoms with E-state index >= 15 is 0 Å². The number of hydrogen-bond donors (Lipinski definition) is 1. The van der Waals surface area contributed by atoms with Crippen molar-refractivity contribution in [3.63, 3.8) is 0 Å². The summed E-state index contributed by atoms with van der Waals surface area (Å²) in [7, 11) is 0. The second kappa shape index (κ2) is 8.66. The molecule has 1 aromatic carbocycles. The Morgan fingerprint density at radius 1 is 1.12 bits per heavy atom. The van der Waals surface area contributed by atoms with Crippen LogP contribution in [0.2, 0.25) is 0 Å². The standard InChI is InChI=1S/C21H30NO2/c1-16-10-11-19(24-14-12-18-9-5-6-13-22-18)15-20(16)21(23)17-7-3-2-4-8-17/h10-11,15,17-18,22H,1-9,12-14H2. The Kier molecular flexibility index (Phi) is 6.30. The molecule has 1 radical (unpaired) electrons. The van der Waals surface area contributed by atoms with Crippen LogP contribution in [-0.2, 0) is 0 Å². The van der Waals surface area contributed by atoms with Crippen molar-refractivity contribution in [3.8, 4) is 5.75 Å². The number of carbonyl (C=O) groups is 1. The van der Waals surface area contributed by atoms with Crippen molar-refractivity contribution >= 4 is 5.78 Å². The molecule has 1 heterocycles. The lowest BCUT2D eigenvalue weighted by atomic mass is 9.83. The quantitative estimate of drug-likeness (QED) is 0.779. The summed E-state index contributed by atoms with van der Waals surface area (Å²) >= 11 is 0. The van der Waals surface area contributed by atoms with Gasteiger partial charge in [0.15, 0.2) is 5.78 Å². The van der Waals surface area contributed by atoms with Gasteiger partial charge in [-0.2, -0.15) is 0 Å². The van der Waals surface area contributed by atoms with E-state index in [1.165, 1.54) is 38.5 Å². The summed E-state index contributed by atoms with van der Waals surface area (Å²) in [6, 6.07) is 6.35. The number of ether oxygens (including phenoxy) is 1. The molecule has 3 rings (SSSR count). The minimum atomic E-state index is 0.181. The van der Waals surface area contributed by atoms with Gasteiger partial charge in [-0.25, -0.2) is 0 Å². The van der Waals surface area contributed by atoms with Gasteiger partial charge < -0.3 is 10.1 Å². The highest BCUT2D eigenvalue weighted by Gasteiger charge is 2.24. The van der Waals surface area contributed by atoms with E-state index in [4.69, 9.17) is 4.74 Å². The maximum absolute atomic E-state index is 12.8. The minimum Gasteiger partial charge on any atom is -0.494 e. The molecule has 1 saturated carbocycles. The third-order valence-corrected chi connectivity index (χ3v) is 5.47. The van der Waals surface area contributed by atoms with Gasteiger partial charge in [0.25, 0.3) is 0 Å². The smallest absolute Gasteiger partial charge is 0.166 e. The van der Waals surface area contributed by atoms with Crippen LogP contribution in [-0.4, -0.2) is 25.0 Å². The molecular formula is C21H30NO2. The summed E-state index contributed by atoms with van der Waals surface area (Å²) < 4.78 is 5.92. The normalized spacial score (nSPS) is 22.3. The third kappa shape index (κ3) is 4.60. The molecule has 0 bridgehead atoms. The summed E-state index contributed by atoms with van der Waals surface area (Å²) in [6.07, 6.45) is 10.5. The number of nitrogens with one attached hydrogen (secondary N) is 1. The zero-order chi connectivity index (χ0) is 16.8. The second-order valence-corrected chi connectivity index (χ2v) is 7.30. The van der Waals surface area contributed by atoms with Crippen LogP contribution < -0.4 is 10.1 Å². The first-order chi connectivity index (χ1) is 11.7. The molecule has 1 unspecified atom stereocenters. The Balaban J connectivity index is 1.57. The number of piperidine rings is 1.